The van der Waals surface area contributed by atoms with Crippen LogP contribution in [0, 0.1) is 6.92 Å². The molecule has 0 radical (unpaired) electrons. The molecule has 3 aromatic rings. The van der Waals surface area contributed by atoms with E-state index in [4.69, 9.17) is 0 Å². The molecule has 0 atom stereocenters. The number of aromatic nitrogens is 2. The zero-order valence-electron chi connectivity index (χ0n) is 13.6. The van der Waals surface area contributed by atoms with Gasteiger partial charge in [0, 0.05) is 6.54 Å². The lowest BCUT2D eigenvalue weighted by atomic mass is 10.1. The highest BCUT2D eigenvalue weighted by atomic mass is 19.4. The average molecular weight is 361 g/mol. The number of benzene rings is 2. The third-order valence-corrected chi connectivity index (χ3v) is 3.77. The number of carboxylic acid groups (broad SMARTS) is 1. The molecule has 0 bridgehead atoms. The Morgan fingerprint density at radius 3 is 2.38 bits per heavy atom. The molecule has 0 aliphatic rings. The predicted molar refractivity (Wildman–Crippen MR) is 90.0 cm³/mol. The van der Waals surface area contributed by atoms with Crippen LogP contribution in [0.5, 0.6) is 0 Å². The van der Waals surface area contributed by atoms with Crippen molar-refractivity contribution in [1.82, 2.24) is 9.97 Å². The first-order valence-electron chi connectivity index (χ1n) is 7.66. The first kappa shape index (κ1) is 17.7. The molecule has 0 aliphatic carbocycles. The summed E-state index contributed by atoms with van der Waals surface area (Å²) in [7, 11) is 0. The number of rotatable bonds is 4. The number of fused-ring (bicyclic) bond motifs is 1. The Morgan fingerprint density at radius 1 is 1.08 bits per heavy atom. The largest absolute Gasteiger partial charge is 0.476 e. The van der Waals surface area contributed by atoms with Crippen molar-refractivity contribution in [2.75, 3.05) is 5.32 Å². The highest BCUT2D eigenvalue weighted by molar-refractivity contribution is 5.94. The van der Waals surface area contributed by atoms with Crippen molar-refractivity contribution >= 4 is 22.8 Å². The molecule has 2 aromatic carbocycles. The molecule has 26 heavy (non-hydrogen) atoms. The molecule has 2 N–H and O–H groups in total. The molecule has 1 heterocycles. The van der Waals surface area contributed by atoms with Crippen LogP contribution in [0.1, 0.15) is 27.2 Å². The van der Waals surface area contributed by atoms with Gasteiger partial charge in [-0.1, -0.05) is 29.8 Å². The molecule has 8 heteroatoms. The van der Waals surface area contributed by atoms with Crippen LogP contribution in [-0.4, -0.2) is 21.0 Å². The zero-order chi connectivity index (χ0) is 18.9. The lowest BCUT2D eigenvalue weighted by Crippen LogP contribution is -2.12. The maximum Gasteiger partial charge on any atom is 0.416 e. The van der Waals surface area contributed by atoms with Gasteiger partial charge >= 0.3 is 12.1 Å². The van der Waals surface area contributed by atoms with E-state index in [2.05, 4.69) is 15.3 Å². The van der Waals surface area contributed by atoms with Crippen LogP contribution in [0.3, 0.4) is 0 Å². The van der Waals surface area contributed by atoms with Gasteiger partial charge in [-0.15, -0.1) is 0 Å². The smallest absolute Gasteiger partial charge is 0.416 e. The Hall–Kier alpha value is -3.16. The van der Waals surface area contributed by atoms with E-state index in [1.165, 1.54) is 0 Å². The van der Waals surface area contributed by atoms with Gasteiger partial charge in [-0.3, -0.25) is 0 Å². The topological polar surface area (TPSA) is 75.1 Å². The number of nitrogens with zero attached hydrogens (tertiary/aromatic N) is 2. The fraction of sp³-hybridized carbons (Fsp3) is 0.167. The summed E-state index contributed by atoms with van der Waals surface area (Å²) >= 11 is 0. The van der Waals surface area contributed by atoms with Crippen LogP contribution < -0.4 is 5.32 Å². The van der Waals surface area contributed by atoms with E-state index in [1.54, 1.807) is 0 Å². The van der Waals surface area contributed by atoms with Gasteiger partial charge in [-0.05, 0) is 30.7 Å². The molecule has 0 amide bonds. The number of carboxylic acids is 1. The number of halogens is 3. The quantitative estimate of drug-likeness (QED) is 0.726. The molecular weight excluding hydrogens is 347 g/mol. The number of hydrogen-bond donors (Lipinski definition) is 2. The van der Waals surface area contributed by atoms with Crippen molar-refractivity contribution in [2.45, 2.75) is 19.6 Å². The summed E-state index contributed by atoms with van der Waals surface area (Å²) in [4.78, 5) is 19.4. The van der Waals surface area contributed by atoms with E-state index in [0.29, 0.717) is 0 Å². The standard InChI is InChI=1S/C18H14F3N3O2/c1-10-2-4-11(5-3-10)9-22-16-15(17(25)26)23-13-7-6-12(18(19,20)21)8-14(13)24-16/h2-8H,9H2,1H3,(H,22,24)(H,25,26). The Bertz CT molecular complexity index is 970. The molecule has 0 fully saturated rings. The number of nitrogens with one attached hydrogen (secondary N) is 1. The third-order valence-electron chi connectivity index (χ3n) is 3.77. The summed E-state index contributed by atoms with van der Waals surface area (Å²) in [6.07, 6.45) is -4.52. The highest BCUT2D eigenvalue weighted by Gasteiger charge is 2.31. The second-order valence-electron chi connectivity index (χ2n) is 5.77. The van der Waals surface area contributed by atoms with Crippen LogP contribution >= 0.6 is 0 Å². The maximum absolute atomic E-state index is 12.9. The molecule has 0 aliphatic heterocycles. The zero-order valence-corrected chi connectivity index (χ0v) is 13.6. The monoisotopic (exact) mass is 361 g/mol. The van der Waals surface area contributed by atoms with E-state index in [1.807, 2.05) is 31.2 Å². The normalized spacial score (nSPS) is 11.5. The second kappa shape index (κ2) is 6.62. The number of alkyl halides is 3. The first-order chi connectivity index (χ1) is 12.2. The molecule has 5 nitrogen and oxygen atoms in total. The minimum atomic E-state index is -4.52. The van der Waals surface area contributed by atoms with Gasteiger partial charge < -0.3 is 10.4 Å². The highest BCUT2D eigenvalue weighted by Crippen LogP contribution is 2.31. The minimum absolute atomic E-state index is 0.0313. The summed E-state index contributed by atoms with van der Waals surface area (Å²) in [5.74, 6) is -1.39. The van der Waals surface area contributed by atoms with E-state index in [9.17, 15) is 23.1 Å². The number of aromatic carboxylic acids is 1. The van der Waals surface area contributed by atoms with E-state index < -0.39 is 17.7 Å². The lowest BCUT2D eigenvalue weighted by Gasteiger charge is -2.11. The van der Waals surface area contributed by atoms with Crippen LogP contribution in [0.15, 0.2) is 42.5 Å². The fourth-order valence-corrected chi connectivity index (χ4v) is 2.39. The molecule has 3 rings (SSSR count). The van der Waals surface area contributed by atoms with Crippen LogP contribution in [0.4, 0.5) is 19.0 Å². The first-order valence-corrected chi connectivity index (χ1v) is 7.66. The van der Waals surface area contributed by atoms with Gasteiger partial charge in [0.25, 0.3) is 0 Å². The molecule has 0 unspecified atom stereocenters. The van der Waals surface area contributed by atoms with Gasteiger partial charge in [0.15, 0.2) is 11.5 Å². The summed E-state index contributed by atoms with van der Waals surface area (Å²) in [6.45, 7) is 2.20. The third kappa shape index (κ3) is 3.74. The Balaban J connectivity index is 1.99. The lowest BCUT2D eigenvalue weighted by molar-refractivity contribution is -0.137. The molecular formula is C18H14F3N3O2. The Morgan fingerprint density at radius 2 is 1.77 bits per heavy atom. The second-order valence-corrected chi connectivity index (χ2v) is 5.77. The van der Waals surface area contributed by atoms with E-state index in [-0.39, 0.29) is 29.1 Å². The number of aryl methyl sites for hydroxylation is 1. The van der Waals surface area contributed by atoms with Gasteiger partial charge in [0.2, 0.25) is 0 Å². The summed E-state index contributed by atoms with van der Waals surface area (Å²) < 4.78 is 38.6. The van der Waals surface area contributed by atoms with E-state index >= 15 is 0 Å². The number of anilines is 1. The molecule has 0 spiro atoms. The van der Waals surface area contributed by atoms with Crippen LogP contribution in [0.25, 0.3) is 11.0 Å². The van der Waals surface area contributed by atoms with Crippen molar-refractivity contribution in [3.05, 3.63) is 64.8 Å². The van der Waals surface area contributed by atoms with Gasteiger partial charge in [0.05, 0.1) is 16.6 Å². The van der Waals surface area contributed by atoms with Crippen molar-refractivity contribution in [2.24, 2.45) is 0 Å². The van der Waals surface area contributed by atoms with Crippen molar-refractivity contribution in [3.8, 4) is 0 Å². The van der Waals surface area contributed by atoms with Crippen LogP contribution in [-0.2, 0) is 12.7 Å². The van der Waals surface area contributed by atoms with E-state index in [0.717, 1.165) is 29.3 Å². The Kier molecular flexibility index (Phi) is 4.50. The van der Waals surface area contributed by atoms with Crippen molar-refractivity contribution in [1.29, 1.82) is 0 Å². The van der Waals surface area contributed by atoms with Gasteiger partial charge in [-0.25, -0.2) is 14.8 Å². The molecule has 134 valence electrons. The Labute approximate surface area is 146 Å². The van der Waals surface area contributed by atoms with Crippen LogP contribution in [0.2, 0.25) is 0 Å². The SMILES string of the molecule is Cc1ccc(CNc2nc3cc(C(F)(F)F)ccc3nc2C(=O)O)cc1. The van der Waals surface area contributed by atoms with Gasteiger partial charge in [0.1, 0.15) is 0 Å². The minimum Gasteiger partial charge on any atom is -0.476 e. The molecule has 0 saturated heterocycles. The summed E-state index contributed by atoms with van der Waals surface area (Å²) in [5, 5.41) is 12.2. The fourth-order valence-electron chi connectivity index (χ4n) is 2.39. The predicted octanol–water partition coefficient (Wildman–Crippen LogP) is 4.27. The van der Waals surface area contributed by atoms with Crippen molar-refractivity contribution < 1.29 is 23.1 Å². The van der Waals surface area contributed by atoms with Gasteiger partial charge in [-0.2, -0.15) is 13.2 Å². The maximum atomic E-state index is 12.9. The average Bonchev–Trinajstić information content (AvgIpc) is 2.59. The molecule has 1 aromatic heterocycles. The number of hydrogen-bond acceptors (Lipinski definition) is 4. The number of carbonyl (C=O) groups is 1. The summed E-state index contributed by atoms with van der Waals surface area (Å²) in [6, 6.07) is 10.3. The summed E-state index contributed by atoms with van der Waals surface area (Å²) in [5.41, 5.74) is 0.784. The van der Waals surface area contributed by atoms with Crippen molar-refractivity contribution in [3.63, 3.8) is 0 Å². The molecule has 0 saturated carbocycles.